The molecule has 0 radical (unpaired) electrons. The summed E-state index contributed by atoms with van der Waals surface area (Å²) >= 11 is 1.63. The first-order chi connectivity index (χ1) is 18.4. The van der Waals surface area contributed by atoms with Gasteiger partial charge in [-0.15, -0.1) is 23.7 Å². The second kappa shape index (κ2) is 13.9. The van der Waals surface area contributed by atoms with Gasteiger partial charge in [-0.25, -0.2) is 4.98 Å². The summed E-state index contributed by atoms with van der Waals surface area (Å²) in [5.41, 5.74) is 0.703. The van der Waals surface area contributed by atoms with Gasteiger partial charge in [0.2, 0.25) is 23.6 Å². The van der Waals surface area contributed by atoms with Crippen LogP contribution in [-0.4, -0.2) is 65.2 Å². The number of nitrogens with one attached hydrogen (secondary N) is 3. The van der Waals surface area contributed by atoms with Gasteiger partial charge in [0.1, 0.15) is 6.04 Å². The molecular weight excluding hydrogens is 514 g/mol. The maximum absolute atomic E-state index is 13.2. The maximum Gasteiger partial charge on any atom is 0.246 e. The molecule has 0 spiro atoms. The molecule has 214 valence electrons. The largest absolute Gasteiger partial charge is 0.356 e. The molecule has 1 saturated heterocycles. The van der Waals surface area contributed by atoms with E-state index >= 15 is 0 Å². The third kappa shape index (κ3) is 9.64. The number of carbonyl (C=O) groups is 4. The van der Waals surface area contributed by atoms with Crippen molar-refractivity contribution in [3.63, 3.8) is 0 Å². The number of unbranched alkanes of at least 4 members (excludes halogenated alkanes) is 1. The highest BCUT2D eigenvalue weighted by molar-refractivity contribution is 7.11. The zero-order valence-corrected chi connectivity index (χ0v) is 24.5. The van der Waals surface area contributed by atoms with Crippen LogP contribution in [0.5, 0.6) is 0 Å². The molecule has 1 fully saturated rings. The van der Waals surface area contributed by atoms with Gasteiger partial charge in [-0.3, -0.25) is 19.2 Å². The van der Waals surface area contributed by atoms with Crippen LogP contribution >= 0.6 is 11.3 Å². The molecule has 3 aliphatic rings. The van der Waals surface area contributed by atoms with Crippen molar-refractivity contribution in [2.24, 2.45) is 5.41 Å². The molecule has 4 amide bonds. The SMILES string of the molecule is C#CC[C@H]1NC(=O)C[C@H](CCCCNC(=O)CC(C)(C)C)NC(=O)Cc2nc(sc2C)C2CCN(CC2)C1=O. The minimum absolute atomic E-state index is 0.0200. The van der Waals surface area contributed by atoms with Crippen LogP contribution in [0.3, 0.4) is 0 Å². The third-order valence-electron chi connectivity index (χ3n) is 7.14. The Bertz CT molecular complexity index is 1080. The lowest BCUT2D eigenvalue weighted by atomic mass is 9.92. The summed E-state index contributed by atoms with van der Waals surface area (Å²) in [4.78, 5) is 59.0. The number of terminal acetylenes is 1. The number of aromatic nitrogens is 1. The molecule has 4 rings (SSSR count). The average Bonchev–Trinajstić information content (AvgIpc) is 3.21. The summed E-state index contributed by atoms with van der Waals surface area (Å²) in [5.74, 6) is 2.14. The van der Waals surface area contributed by atoms with E-state index in [0.29, 0.717) is 32.5 Å². The topological polar surface area (TPSA) is 120 Å². The number of rotatable bonds is 7. The summed E-state index contributed by atoms with van der Waals surface area (Å²) < 4.78 is 0. The summed E-state index contributed by atoms with van der Waals surface area (Å²) in [5, 5.41) is 9.82. The molecule has 1 aromatic rings. The number of aryl methyl sites for hydroxylation is 1. The van der Waals surface area contributed by atoms with Crippen molar-refractivity contribution in [3.05, 3.63) is 15.6 Å². The predicted molar refractivity (Wildman–Crippen MR) is 152 cm³/mol. The fourth-order valence-corrected chi connectivity index (χ4v) is 6.20. The van der Waals surface area contributed by atoms with E-state index in [9.17, 15) is 19.2 Å². The number of hydrogen-bond donors (Lipinski definition) is 3. The zero-order valence-electron chi connectivity index (χ0n) is 23.7. The smallest absolute Gasteiger partial charge is 0.246 e. The molecule has 4 heterocycles. The Morgan fingerprint density at radius 1 is 1.15 bits per heavy atom. The summed E-state index contributed by atoms with van der Waals surface area (Å²) in [7, 11) is 0. The van der Waals surface area contributed by atoms with E-state index in [4.69, 9.17) is 11.4 Å². The van der Waals surface area contributed by atoms with E-state index in [0.717, 1.165) is 41.3 Å². The minimum Gasteiger partial charge on any atom is -0.356 e. The molecule has 3 N–H and O–H groups in total. The highest BCUT2D eigenvalue weighted by Gasteiger charge is 2.32. The van der Waals surface area contributed by atoms with Gasteiger partial charge in [0.05, 0.1) is 17.1 Å². The van der Waals surface area contributed by atoms with Crippen molar-refractivity contribution in [2.75, 3.05) is 19.6 Å². The van der Waals surface area contributed by atoms with Crippen LogP contribution in [0.25, 0.3) is 0 Å². The number of amides is 4. The normalized spacial score (nSPS) is 22.7. The molecular formula is C29H43N5O4S. The Morgan fingerprint density at radius 3 is 2.54 bits per heavy atom. The van der Waals surface area contributed by atoms with Crippen molar-refractivity contribution >= 4 is 35.0 Å². The van der Waals surface area contributed by atoms with Crippen LogP contribution in [0.15, 0.2) is 0 Å². The molecule has 3 aliphatic heterocycles. The van der Waals surface area contributed by atoms with Crippen molar-refractivity contribution < 1.29 is 19.2 Å². The van der Waals surface area contributed by atoms with Gasteiger partial charge < -0.3 is 20.9 Å². The lowest BCUT2D eigenvalue weighted by Crippen LogP contribution is -2.51. The van der Waals surface area contributed by atoms with Crippen LogP contribution in [0, 0.1) is 24.7 Å². The highest BCUT2D eigenvalue weighted by Crippen LogP contribution is 2.33. The number of hydrogen-bond acceptors (Lipinski definition) is 6. The predicted octanol–water partition coefficient (Wildman–Crippen LogP) is 2.82. The first-order valence-electron chi connectivity index (χ1n) is 14.0. The summed E-state index contributed by atoms with van der Waals surface area (Å²) in [6.45, 7) is 9.77. The van der Waals surface area contributed by atoms with Crippen molar-refractivity contribution in [2.45, 2.75) is 103 Å². The van der Waals surface area contributed by atoms with Gasteiger partial charge in [0.25, 0.3) is 0 Å². The Balaban J connectivity index is 1.69. The molecule has 0 aliphatic carbocycles. The van der Waals surface area contributed by atoms with E-state index in [1.165, 1.54) is 0 Å². The average molecular weight is 558 g/mol. The standard InChI is InChI=1S/C29H43N5O4S/c1-6-9-22-28(38)34-14-11-20(12-15-34)27-33-23(19(2)39-27)17-25(36)31-21(16-24(35)32-22)10-7-8-13-30-26(37)18-29(3,4)5/h1,20-22H,7-18H2,2-5H3,(H,30,37)(H,31,36)(H,32,35)/t21-,22+/m0/s1. The lowest BCUT2D eigenvalue weighted by Gasteiger charge is -2.33. The van der Waals surface area contributed by atoms with Crippen LogP contribution in [0.2, 0.25) is 0 Å². The second-order valence-electron chi connectivity index (χ2n) is 11.9. The van der Waals surface area contributed by atoms with Crippen molar-refractivity contribution in [1.29, 1.82) is 0 Å². The molecule has 10 heteroatoms. The van der Waals surface area contributed by atoms with Gasteiger partial charge in [0, 0.05) is 55.7 Å². The third-order valence-corrected chi connectivity index (χ3v) is 8.31. The number of fused-ring (bicyclic) bond motifs is 10. The van der Waals surface area contributed by atoms with Crippen LogP contribution in [0.4, 0.5) is 0 Å². The van der Waals surface area contributed by atoms with Crippen LogP contribution in [0.1, 0.15) is 93.6 Å². The summed E-state index contributed by atoms with van der Waals surface area (Å²) in [6, 6.07) is -1.19. The van der Waals surface area contributed by atoms with Crippen LogP contribution in [-0.2, 0) is 25.6 Å². The Hall–Kier alpha value is -2.93. The van der Waals surface area contributed by atoms with E-state index in [1.54, 1.807) is 16.2 Å². The Labute approximate surface area is 236 Å². The fourth-order valence-electron chi connectivity index (χ4n) is 5.09. The van der Waals surface area contributed by atoms with Crippen molar-refractivity contribution in [3.8, 4) is 12.3 Å². The monoisotopic (exact) mass is 557 g/mol. The molecule has 0 unspecified atom stereocenters. The van der Waals surface area contributed by atoms with E-state index < -0.39 is 12.1 Å². The fraction of sp³-hybridized carbons (Fsp3) is 0.690. The van der Waals surface area contributed by atoms with Gasteiger partial charge in [-0.05, 0) is 44.4 Å². The molecule has 4 bridgehead atoms. The number of nitrogens with zero attached hydrogens (tertiary/aromatic N) is 2. The molecule has 9 nitrogen and oxygen atoms in total. The van der Waals surface area contributed by atoms with Gasteiger partial charge in [-0.1, -0.05) is 20.8 Å². The lowest BCUT2D eigenvalue weighted by molar-refractivity contribution is -0.137. The number of thiazole rings is 1. The van der Waals surface area contributed by atoms with E-state index in [1.807, 2.05) is 27.7 Å². The van der Waals surface area contributed by atoms with E-state index in [2.05, 4.69) is 21.9 Å². The Morgan fingerprint density at radius 2 is 1.87 bits per heavy atom. The minimum atomic E-state index is -0.782. The molecule has 0 saturated carbocycles. The second-order valence-corrected chi connectivity index (χ2v) is 13.1. The molecule has 0 aromatic carbocycles. The first-order valence-corrected chi connectivity index (χ1v) is 14.8. The molecule has 39 heavy (non-hydrogen) atoms. The number of piperidine rings is 1. The molecule has 1 aromatic heterocycles. The van der Waals surface area contributed by atoms with Crippen molar-refractivity contribution in [1.82, 2.24) is 25.8 Å². The van der Waals surface area contributed by atoms with E-state index in [-0.39, 0.29) is 54.2 Å². The highest BCUT2D eigenvalue weighted by atomic mass is 32.1. The van der Waals surface area contributed by atoms with Gasteiger partial charge in [-0.2, -0.15) is 0 Å². The molecule has 2 atom stereocenters. The summed E-state index contributed by atoms with van der Waals surface area (Å²) in [6.07, 6.45) is 9.91. The maximum atomic E-state index is 13.2. The van der Waals surface area contributed by atoms with Gasteiger partial charge >= 0.3 is 0 Å². The number of carbonyl (C=O) groups excluding carboxylic acids is 4. The Kier molecular flexibility index (Phi) is 10.9. The van der Waals surface area contributed by atoms with Crippen LogP contribution < -0.4 is 16.0 Å². The quantitative estimate of drug-likeness (QED) is 0.352. The first kappa shape index (κ1) is 30.6. The zero-order chi connectivity index (χ0) is 28.6. The van der Waals surface area contributed by atoms with Gasteiger partial charge in [0.15, 0.2) is 0 Å².